The largest absolute Gasteiger partial charge is 0.453 e. The molecule has 9 heteroatoms. The van der Waals surface area contributed by atoms with Gasteiger partial charge in [-0.05, 0) is 12.5 Å². The lowest BCUT2D eigenvalue weighted by atomic mass is 10.1. The number of rotatable bonds is 3. The predicted molar refractivity (Wildman–Crippen MR) is 88.9 cm³/mol. The summed E-state index contributed by atoms with van der Waals surface area (Å²) in [6.45, 7) is 2.34. The van der Waals surface area contributed by atoms with Crippen molar-refractivity contribution >= 4 is 29.2 Å². The summed E-state index contributed by atoms with van der Waals surface area (Å²) in [7, 11) is 1.24. The molecule has 0 saturated heterocycles. The fraction of sp³-hybridized carbons (Fsp3) is 0.200. The molecule has 2 aromatic heterocycles. The highest BCUT2D eigenvalue weighted by Gasteiger charge is 2.18. The Kier molecular flexibility index (Phi) is 3.90. The molecule has 0 spiro atoms. The van der Waals surface area contributed by atoms with Crippen molar-refractivity contribution in [2.45, 2.75) is 13.5 Å². The number of amides is 1. The predicted octanol–water partition coefficient (Wildman–Crippen LogP) is 1.24. The van der Waals surface area contributed by atoms with Crippen LogP contribution in [0.25, 0.3) is 11.2 Å². The van der Waals surface area contributed by atoms with Crippen LogP contribution in [-0.4, -0.2) is 32.7 Å². The second kappa shape index (κ2) is 6.03. The van der Waals surface area contributed by atoms with Gasteiger partial charge in [-0.3, -0.25) is 19.7 Å². The Morgan fingerprint density at radius 3 is 2.71 bits per heavy atom. The summed E-state index contributed by atoms with van der Waals surface area (Å²) in [5.74, 6) is 0.128. The van der Waals surface area contributed by atoms with Gasteiger partial charge < -0.3 is 10.5 Å². The van der Waals surface area contributed by atoms with Gasteiger partial charge in [-0.1, -0.05) is 29.8 Å². The number of H-pyrrole nitrogens is 1. The van der Waals surface area contributed by atoms with Crippen molar-refractivity contribution in [1.82, 2.24) is 19.5 Å². The zero-order valence-corrected chi connectivity index (χ0v) is 13.2. The maximum Gasteiger partial charge on any atom is 0.413 e. The van der Waals surface area contributed by atoms with E-state index in [0.717, 1.165) is 11.1 Å². The van der Waals surface area contributed by atoms with Crippen molar-refractivity contribution < 1.29 is 9.53 Å². The molecule has 2 heterocycles. The van der Waals surface area contributed by atoms with Crippen molar-refractivity contribution in [2.75, 3.05) is 18.2 Å². The molecule has 0 bridgehead atoms. The van der Waals surface area contributed by atoms with Crippen LogP contribution in [0.5, 0.6) is 0 Å². The average molecular weight is 328 g/mol. The lowest BCUT2D eigenvalue weighted by Crippen LogP contribution is -2.16. The highest BCUT2D eigenvalue weighted by atomic mass is 16.5. The molecule has 24 heavy (non-hydrogen) atoms. The number of carbonyl (C=O) groups excluding carboxylic acids is 1. The number of benzene rings is 1. The Hall–Kier alpha value is -3.36. The van der Waals surface area contributed by atoms with E-state index in [1.807, 2.05) is 31.2 Å². The van der Waals surface area contributed by atoms with E-state index in [1.54, 1.807) is 4.57 Å². The van der Waals surface area contributed by atoms with Gasteiger partial charge in [-0.2, -0.15) is 4.98 Å². The Labute approximate surface area is 136 Å². The molecule has 9 nitrogen and oxygen atoms in total. The molecule has 1 amide bonds. The van der Waals surface area contributed by atoms with E-state index in [4.69, 9.17) is 5.73 Å². The van der Waals surface area contributed by atoms with Crippen LogP contribution in [0, 0.1) is 6.92 Å². The highest BCUT2D eigenvalue weighted by Crippen LogP contribution is 2.18. The maximum absolute atomic E-state index is 12.0. The zero-order chi connectivity index (χ0) is 17.3. The molecule has 3 aromatic rings. The minimum atomic E-state index is -0.695. The number of aryl methyl sites for hydroxylation is 1. The number of ether oxygens (including phenoxy) is 1. The standard InChI is InChI=1S/C15H16N6O3/c1-8-3-5-9(6-4-8)7-21-11-10(12(22)19-13(16)18-11)17-14(21)20-15(23)24-2/h3-6H,7H2,1-2H3,(H,17,20,23)(H3,16,18,19,22). The van der Waals surface area contributed by atoms with Gasteiger partial charge in [0.25, 0.3) is 5.56 Å². The smallest absolute Gasteiger partial charge is 0.413 e. The number of nitrogens with zero attached hydrogens (tertiary/aromatic N) is 3. The first-order valence-electron chi connectivity index (χ1n) is 7.14. The number of nitrogen functional groups attached to an aromatic ring is 1. The van der Waals surface area contributed by atoms with Crippen LogP contribution in [0.2, 0.25) is 0 Å². The summed E-state index contributed by atoms with van der Waals surface area (Å²) in [6, 6.07) is 7.83. The van der Waals surface area contributed by atoms with Crippen LogP contribution in [0.1, 0.15) is 11.1 Å². The van der Waals surface area contributed by atoms with Crippen molar-refractivity contribution in [3.8, 4) is 0 Å². The van der Waals surface area contributed by atoms with Crippen molar-refractivity contribution in [3.05, 3.63) is 45.7 Å². The van der Waals surface area contributed by atoms with Gasteiger partial charge in [0, 0.05) is 0 Å². The van der Waals surface area contributed by atoms with Gasteiger partial charge in [-0.25, -0.2) is 9.78 Å². The molecule has 124 valence electrons. The number of hydrogen-bond acceptors (Lipinski definition) is 6. The average Bonchev–Trinajstić information content (AvgIpc) is 2.87. The molecule has 0 saturated carbocycles. The molecule has 0 radical (unpaired) electrons. The van der Waals surface area contributed by atoms with Crippen LogP contribution in [-0.2, 0) is 11.3 Å². The molecule has 3 rings (SSSR count). The van der Waals surface area contributed by atoms with E-state index in [0.29, 0.717) is 6.54 Å². The molecular weight excluding hydrogens is 312 g/mol. The third-order valence-electron chi connectivity index (χ3n) is 3.48. The molecule has 0 aliphatic heterocycles. The molecule has 0 aliphatic rings. The van der Waals surface area contributed by atoms with Gasteiger partial charge in [0.15, 0.2) is 11.2 Å². The molecule has 1 aromatic carbocycles. The fourth-order valence-electron chi connectivity index (χ4n) is 2.29. The van der Waals surface area contributed by atoms with E-state index in [-0.39, 0.29) is 23.1 Å². The number of aromatic nitrogens is 4. The number of nitrogens with two attached hydrogens (primary N) is 1. The monoisotopic (exact) mass is 328 g/mol. The quantitative estimate of drug-likeness (QED) is 0.663. The summed E-state index contributed by atoms with van der Waals surface area (Å²) in [5, 5.41) is 2.49. The van der Waals surface area contributed by atoms with Crippen LogP contribution in [0.15, 0.2) is 29.1 Å². The Balaban J connectivity index is 2.14. The fourth-order valence-corrected chi connectivity index (χ4v) is 2.29. The zero-order valence-electron chi connectivity index (χ0n) is 13.2. The topological polar surface area (TPSA) is 128 Å². The van der Waals surface area contributed by atoms with Crippen molar-refractivity contribution in [3.63, 3.8) is 0 Å². The van der Waals surface area contributed by atoms with Crippen LogP contribution < -0.4 is 16.6 Å². The minimum absolute atomic E-state index is 0.0258. The summed E-state index contributed by atoms with van der Waals surface area (Å²) in [5.41, 5.74) is 7.59. The van der Waals surface area contributed by atoms with Crippen LogP contribution >= 0.6 is 0 Å². The molecule has 0 unspecified atom stereocenters. The normalized spacial score (nSPS) is 10.8. The van der Waals surface area contributed by atoms with Crippen LogP contribution in [0.3, 0.4) is 0 Å². The number of imidazole rings is 1. The van der Waals surface area contributed by atoms with E-state index < -0.39 is 11.7 Å². The van der Waals surface area contributed by atoms with Gasteiger partial charge in [0.05, 0.1) is 13.7 Å². The third-order valence-corrected chi connectivity index (χ3v) is 3.48. The summed E-state index contributed by atoms with van der Waals surface area (Å²) >= 11 is 0. The summed E-state index contributed by atoms with van der Waals surface area (Å²) < 4.78 is 6.19. The van der Waals surface area contributed by atoms with Crippen molar-refractivity contribution in [1.29, 1.82) is 0 Å². The van der Waals surface area contributed by atoms with E-state index in [1.165, 1.54) is 7.11 Å². The second-order valence-corrected chi connectivity index (χ2v) is 5.25. The Morgan fingerprint density at radius 2 is 2.04 bits per heavy atom. The molecule has 4 N–H and O–H groups in total. The van der Waals surface area contributed by atoms with E-state index >= 15 is 0 Å². The lowest BCUT2D eigenvalue weighted by molar-refractivity contribution is 0.186. The van der Waals surface area contributed by atoms with Gasteiger partial charge in [0.2, 0.25) is 11.9 Å². The number of hydrogen-bond donors (Lipinski definition) is 3. The highest BCUT2D eigenvalue weighted by molar-refractivity contribution is 5.85. The van der Waals surface area contributed by atoms with Gasteiger partial charge in [-0.15, -0.1) is 0 Å². The summed E-state index contributed by atoms with van der Waals surface area (Å²) in [4.78, 5) is 34.2. The number of carbonyl (C=O) groups is 1. The molecule has 0 atom stereocenters. The first-order chi connectivity index (χ1) is 11.5. The second-order valence-electron chi connectivity index (χ2n) is 5.25. The van der Waals surface area contributed by atoms with E-state index in [9.17, 15) is 9.59 Å². The molecule has 0 fully saturated rings. The Bertz CT molecular complexity index is 958. The number of anilines is 2. The minimum Gasteiger partial charge on any atom is -0.453 e. The first-order valence-corrected chi connectivity index (χ1v) is 7.14. The van der Waals surface area contributed by atoms with E-state index in [2.05, 4.69) is 25.0 Å². The molecule has 0 aliphatic carbocycles. The number of methoxy groups -OCH3 is 1. The van der Waals surface area contributed by atoms with Crippen LogP contribution in [0.4, 0.5) is 16.7 Å². The van der Waals surface area contributed by atoms with Gasteiger partial charge >= 0.3 is 6.09 Å². The maximum atomic E-state index is 12.0. The summed E-state index contributed by atoms with van der Waals surface area (Å²) in [6.07, 6.45) is -0.695. The number of fused-ring (bicyclic) bond motifs is 1. The first kappa shape index (κ1) is 15.5. The number of nitrogens with one attached hydrogen (secondary N) is 2. The third kappa shape index (κ3) is 2.91. The number of aromatic amines is 1. The Morgan fingerprint density at radius 1 is 1.33 bits per heavy atom. The SMILES string of the molecule is COC(=O)Nc1nc2c(=O)[nH]c(N)nc2n1Cc1ccc(C)cc1. The molecular formula is C15H16N6O3. The van der Waals surface area contributed by atoms with Crippen molar-refractivity contribution in [2.24, 2.45) is 0 Å². The lowest BCUT2D eigenvalue weighted by Gasteiger charge is -2.09. The van der Waals surface area contributed by atoms with Gasteiger partial charge in [0.1, 0.15) is 0 Å².